The Kier molecular flexibility index (Phi) is 4.06. The molecule has 1 amide bonds. The van der Waals surface area contributed by atoms with Crippen molar-refractivity contribution in [2.24, 2.45) is 0 Å². The van der Waals surface area contributed by atoms with Crippen LogP contribution in [0.3, 0.4) is 0 Å². The number of carboxylic acids is 1. The zero-order chi connectivity index (χ0) is 12.3. The zero-order valence-corrected chi connectivity index (χ0v) is 10.5. The van der Waals surface area contributed by atoms with Crippen LogP contribution in [0.15, 0.2) is 22.7 Å². The molecule has 0 radical (unpaired) electrons. The first kappa shape index (κ1) is 12.7. The van der Waals surface area contributed by atoms with Crippen LogP contribution in [0.25, 0.3) is 0 Å². The highest BCUT2D eigenvalue weighted by molar-refractivity contribution is 9.10. The number of hydrogen-bond donors (Lipinski definition) is 2. The van der Waals surface area contributed by atoms with Crippen LogP contribution in [0.2, 0.25) is 0 Å². The molecule has 0 spiro atoms. The maximum atomic E-state index is 11.0. The van der Waals surface area contributed by atoms with E-state index < -0.39 is 12.0 Å². The van der Waals surface area contributed by atoms with Gasteiger partial charge in [-0.1, -0.05) is 28.1 Å². The molecule has 0 heterocycles. The van der Waals surface area contributed by atoms with E-state index in [-0.39, 0.29) is 5.91 Å². The van der Waals surface area contributed by atoms with Crippen molar-refractivity contribution in [2.75, 3.05) is 0 Å². The van der Waals surface area contributed by atoms with Crippen LogP contribution in [-0.2, 0) is 9.59 Å². The molecule has 0 aliphatic carbocycles. The predicted octanol–water partition coefficient (Wildman–Crippen LogP) is 2.02. The largest absolute Gasteiger partial charge is 0.479 e. The Labute approximate surface area is 102 Å². The summed E-state index contributed by atoms with van der Waals surface area (Å²) in [6.07, 6.45) is 0. The fraction of sp³-hybridized carbons (Fsp3) is 0.273. The van der Waals surface area contributed by atoms with E-state index in [0.717, 1.165) is 5.56 Å². The van der Waals surface area contributed by atoms with Crippen LogP contribution in [0.5, 0.6) is 0 Å². The van der Waals surface area contributed by atoms with Crippen molar-refractivity contribution < 1.29 is 14.7 Å². The topological polar surface area (TPSA) is 66.4 Å². The van der Waals surface area contributed by atoms with Gasteiger partial charge in [0.1, 0.15) is 0 Å². The number of rotatable bonds is 3. The Morgan fingerprint density at radius 1 is 1.44 bits per heavy atom. The van der Waals surface area contributed by atoms with Gasteiger partial charge in [0.2, 0.25) is 5.91 Å². The predicted molar refractivity (Wildman–Crippen MR) is 63.1 cm³/mol. The highest BCUT2D eigenvalue weighted by atomic mass is 79.9. The van der Waals surface area contributed by atoms with Crippen molar-refractivity contribution in [2.45, 2.75) is 19.9 Å². The molecule has 0 bridgehead atoms. The molecule has 0 aliphatic rings. The van der Waals surface area contributed by atoms with E-state index in [1.165, 1.54) is 6.92 Å². The number of amides is 1. The second-order valence-corrected chi connectivity index (χ2v) is 4.35. The first-order valence-corrected chi connectivity index (χ1v) is 5.47. The Morgan fingerprint density at radius 2 is 2.06 bits per heavy atom. The molecule has 1 rings (SSSR count). The number of hydrogen-bond acceptors (Lipinski definition) is 2. The molecule has 16 heavy (non-hydrogen) atoms. The second kappa shape index (κ2) is 5.12. The maximum Gasteiger partial charge on any atom is 0.330 e. The van der Waals surface area contributed by atoms with Crippen molar-refractivity contribution in [3.05, 3.63) is 33.8 Å². The van der Waals surface area contributed by atoms with Gasteiger partial charge in [0, 0.05) is 11.4 Å². The van der Waals surface area contributed by atoms with Crippen LogP contribution in [0, 0.1) is 6.92 Å². The lowest BCUT2D eigenvalue weighted by Crippen LogP contribution is -2.32. The molecular formula is C11H12BrNO3. The smallest absolute Gasteiger partial charge is 0.330 e. The van der Waals surface area contributed by atoms with Gasteiger partial charge >= 0.3 is 5.97 Å². The molecule has 86 valence electrons. The maximum absolute atomic E-state index is 11.0. The molecule has 0 aromatic heterocycles. The van der Waals surface area contributed by atoms with Crippen molar-refractivity contribution in [1.29, 1.82) is 0 Å². The molecule has 1 aromatic carbocycles. The molecule has 1 aromatic rings. The summed E-state index contributed by atoms with van der Waals surface area (Å²) in [6, 6.07) is 4.28. The SMILES string of the molecule is CC(=O)NC(C(=O)O)c1ccc(C)cc1Br. The lowest BCUT2D eigenvalue weighted by Gasteiger charge is -2.15. The van der Waals surface area contributed by atoms with Gasteiger partial charge in [-0.25, -0.2) is 4.79 Å². The first-order chi connectivity index (χ1) is 7.41. The van der Waals surface area contributed by atoms with E-state index in [4.69, 9.17) is 5.11 Å². The fourth-order valence-electron chi connectivity index (χ4n) is 1.34. The van der Waals surface area contributed by atoms with Crippen LogP contribution in [0.1, 0.15) is 24.1 Å². The Hall–Kier alpha value is -1.36. The summed E-state index contributed by atoms with van der Waals surface area (Å²) >= 11 is 3.29. The number of carboxylic acid groups (broad SMARTS) is 1. The van der Waals surface area contributed by atoms with Gasteiger partial charge in [0.15, 0.2) is 6.04 Å². The van der Waals surface area contributed by atoms with Crippen molar-refractivity contribution >= 4 is 27.8 Å². The second-order valence-electron chi connectivity index (χ2n) is 3.50. The third-order valence-electron chi connectivity index (χ3n) is 2.06. The minimum Gasteiger partial charge on any atom is -0.479 e. The van der Waals surface area contributed by atoms with Crippen LogP contribution < -0.4 is 5.32 Å². The van der Waals surface area contributed by atoms with Gasteiger partial charge in [0.25, 0.3) is 0 Å². The highest BCUT2D eigenvalue weighted by Crippen LogP contribution is 2.24. The van der Waals surface area contributed by atoms with Gasteiger partial charge in [-0.2, -0.15) is 0 Å². The number of carbonyl (C=O) groups excluding carboxylic acids is 1. The van der Waals surface area contributed by atoms with Gasteiger partial charge in [-0.3, -0.25) is 4.79 Å². The third kappa shape index (κ3) is 3.06. The Bertz CT molecular complexity index is 431. The number of aliphatic carboxylic acids is 1. The molecule has 0 fully saturated rings. The minimum atomic E-state index is -1.08. The summed E-state index contributed by atoms with van der Waals surface area (Å²) in [6.45, 7) is 3.20. The van der Waals surface area contributed by atoms with Crippen LogP contribution in [-0.4, -0.2) is 17.0 Å². The normalized spacial score (nSPS) is 11.9. The minimum absolute atomic E-state index is 0.375. The summed E-state index contributed by atoms with van der Waals surface area (Å²) in [5, 5.41) is 11.4. The quantitative estimate of drug-likeness (QED) is 0.893. The van der Waals surface area contributed by atoms with E-state index in [1.54, 1.807) is 12.1 Å². The van der Waals surface area contributed by atoms with E-state index in [1.807, 2.05) is 13.0 Å². The first-order valence-electron chi connectivity index (χ1n) is 4.67. The molecule has 4 nitrogen and oxygen atoms in total. The van der Waals surface area contributed by atoms with E-state index in [0.29, 0.717) is 10.0 Å². The molecule has 5 heteroatoms. The van der Waals surface area contributed by atoms with Crippen LogP contribution in [0.4, 0.5) is 0 Å². The average molecular weight is 286 g/mol. The fourth-order valence-corrected chi connectivity index (χ4v) is 2.06. The van der Waals surface area contributed by atoms with E-state index in [2.05, 4.69) is 21.2 Å². The summed E-state index contributed by atoms with van der Waals surface area (Å²) in [4.78, 5) is 22.0. The number of halogens is 1. The molecule has 0 saturated carbocycles. The standard InChI is InChI=1S/C11H12BrNO3/c1-6-3-4-8(9(12)5-6)10(11(15)16)13-7(2)14/h3-5,10H,1-2H3,(H,13,14)(H,15,16). The molecule has 1 atom stereocenters. The molecule has 0 saturated heterocycles. The highest BCUT2D eigenvalue weighted by Gasteiger charge is 2.22. The van der Waals surface area contributed by atoms with Crippen molar-refractivity contribution in [3.63, 3.8) is 0 Å². The summed E-state index contributed by atoms with van der Waals surface area (Å²) in [7, 11) is 0. The number of benzene rings is 1. The Morgan fingerprint density at radius 3 is 2.50 bits per heavy atom. The van der Waals surface area contributed by atoms with E-state index in [9.17, 15) is 9.59 Å². The lowest BCUT2D eigenvalue weighted by molar-refractivity contribution is -0.141. The monoisotopic (exact) mass is 285 g/mol. The molecule has 0 aliphatic heterocycles. The van der Waals surface area contributed by atoms with Crippen molar-refractivity contribution in [3.8, 4) is 0 Å². The van der Waals surface area contributed by atoms with Crippen molar-refractivity contribution in [1.82, 2.24) is 5.32 Å². The summed E-state index contributed by atoms with van der Waals surface area (Å²) < 4.78 is 0.675. The Balaban J connectivity index is 3.10. The summed E-state index contributed by atoms with van der Waals surface area (Å²) in [5.41, 5.74) is 1.55. The average Bonchev–Trinajstić information content (AvgIpc) is 2.14. The third-order valence-corrected chi connectivity index (χ3v) is 2.75. The van der Waals surface area contributed by atoms with Crippen LogP contribution >= 0.6 is 15.9 Å². The molecule has 1 unspecified atom stereocenters. The number of nitrogens with one attached hydrogen (secondary N) is 1. The zero-order valence-electron chi connectivity index (χ0n) is 8.95. The molecule has 2 N–H and O–H groups in total. The number of carbonyl (C=O) groups is 2. The van der Waals surface area contributed by atoms with Gasteiger partial charge in [0.05, 0.1) is 0 Å². The summed E-state index contributed by atoms with van der Waals surface area (Å²) in [5.74, 6) is -1.46. The lowest BCUT2D eigenvalue weighted by atomic mass is 10.1. The van der Waals surface area contributed by atoms with Gasteiger partial charge < -0.3 is 10.4 Å². The molecular weight excluding hydrogens is 274 g/mol. The van der Waals surface area contributed by atoms with E-state index >= 15 is 0 Å². The van der Waals surface area contributed by atoms with Gasteiger partial charge in [-0.05, 0) is 24.1 Å². The van der Waals surface area contributed by atoms with Gasteiger partial charge in [-0.15, -0.1) is 0 Å². The number of aryl methyl sites for hydroxylation is 1.